The Bertz CT molecular complexity index is 848. The van der Waals surface area contributed by atoms with Crippen LogP contribution in [0, 0.1) is 0 Å². The van der Waals surface area contributed by atoms with E-state index in [9.17, 15) is 9.59 Å². The van der Waals surface area contributed by atoms with Crippen LogP contribution in [0.25, 0.3) is 6.08 Å². The zero-order chi connectivity index (χ0) is 18.7. The number of thioether (sulfide) groups is 1. The molecule has 0 aliphatic carbocycles. The fourth-order valence-electron chi connectivity index (χ4n) is 2.39. The first-order valence-corrected chi connectivity index (χ1v) is 9.16. The molecule has 1 aliphatic rings. The van der Waals surface area contributed by atoms with Crippen molar-refractivity contribution in [2.45, 2.75) is 0 Å². The SMILES string of the molecule is CN(C)c1ccc(C=C2SC(=O)N(CNc3ccc(Cl)cc3)C2=O)cc1. The van der Waals surface area contributed by atoms with E-state index >= 15 is 0 Å². The largest absolute Gasteiger partial charge is 0.378 e. The Labute approximate surface area is 161 Å². The molecule has 0 aromatic heterocycles. The number of rotatable bonds is 5. The van der Waals surface area contributed by atoms with E-state index in [0.29, 0.717) is 9.93 Å². The van der Waals surface area contributed by atoms with Crippen molar-refractivity contribution >= 4 is 52.0 Å². The minimum absolute atomic E-state index is 0.114. The molecule has 0 spiro atoms. The topological polar surface area (TPSA) is 52.7 Å². The summed E-state index contributed by atoms with van der Waals surface area (Å²) in [4.78, 5) is 28.3. The summed E-state index contributed by atoms with van der Waals surface area (Å²) in [7, 11) is 3.93. The Hall–Kier alpha value is -2.44. The van der Waals surface area contributed by atoms with Gasteiger partial charge < -0.3 is 10.2 Å². The second-order valence-corrected chi connectivity index (χ2v) is 7.37. The van der Waals surface area contributed by atoms with Gasteiger partial charge in [-0.3, -0.25) is 14.5 Å². The molecule has 2 aromatic carbocycles. The highest BCUT2D eigenvalue weighted by Gasteiger charge is 2.34. The van der Waals surface area contributed by atoms with Crippen molar-refractivity contribution in [2.24, 2.45) is 0 Å². The standard InChI is InChI=1S/C19H18ClN3O2S/c1-22(2)16-9-3-13(4-10-16)11-17-18(24)23(19(25)26-17)12-21-15-7-5-14(20)6-8-15/h3-11,21H,12H2,1-2H3. The maximum Gasteiger partial charge on any atom is 0.295 e. The number of benzene rings is 2. The van der Waals surface area contributed by atoms with Gasteiger partial charge in [-0.2, -0.15) is 0 Å². The molecule has 5 nitrogen and oxygen atoms in total. The van der Waals surface area contributed by atoms with E-state index in [4.69, 9.17) is 11.6 Å². The van der Waals surface area contributed by atoms with E-state index in [1.54, 1.807) is 30.3 Å². The van der Waals surface area contributed by atoms with E-state index in [2.05, 4.69) is 5.32 Å². The Morgan fingerprint density at radius 3 is 2.35 bits per heavy atom. The van der Waals surface area contributed by atoms with Gasteiger partial charge >= 0.3 is 0 Å². The van der Waals surface area contributed by atoms with E-state index in [1.165, 1.54) is 4.90 Å². The molecule has 1 aliphatic heterocycles. The first kappa shape index (κ1) is 18.4. The second-order valence-electron chi connectivity index (χ2n) is 5.94. The van der Waals surface area contributed by atoms with Gasteiger partial charge in [0.15, 0.2) is 0 Å². The zero-order valence-corrected chi connectivity index (χ0v) is 16.0. The van der Waals surface area contributed by atoms with Crippen LogP contribution < -0.4 is 10.2 Å². The molecular formula is C19H18ClN3O2S. The fraction of sp³-hybridized carbons (Fsp3) is 0.158. The lowest BCUT2D eigenvalue weighted by atomic mass is 10.2. The predicted octanol–water partition coefficient (Wildman–Crippen LogP) is 4.51. The first-order valence-electron chi connectivity index (χ1n) is 7.96. The molecule has 1 N–H and O–H groups in total. The molecule has 7 heteroatoms. The van der Waals surface area contributed by atoms with Gasteiger partial charge in [0, 0.05) is 30.5 Å². The van der Waals surface area contributed by atoms with Gasteiger partial charge in [-0.1, -0.05) is 23.7 Å². The van der Waals surface area contributed by atoms with Crippen molar-refractivity contribution in [3.05, 3.63) is 64.0 Å². The highest BCUT2D eigenvalue weighted by atomic mass is 35.5. The van der Waals surface area contributed by atoms with Gasteiger partial charge in [0.25, 0.3) is 11.1 Å². The maximum absolute atomic E-state index is 12.5. The molecule has 2 amide bonds. The van der Waals surface area contributed by atoms with Crippen LogP contribution in [-0.4, -0.2) is 36.8 Å². The van der Waals surface area contributed by atoms with Crippen LogP contribution in [0.2, 0.25) is 5.02 Å². The summed E-state index contributed by atoms with van der Waals surface area (Å²) in [6, 6.07) is 14.9. The Morgan fingerprint density at radius 1 is 1.08 bits per heavy atom. The third-order valence-electron chi connectivity index (χ3n) is 3.87. The van der Waals surface area contributed by atoms with E-state index in [1.807, 2.05) is 43.3 Å². The number of hydrogen-bond acceptors (Lipinski definition) is 5. The van der Waals surface area contributed by atoms with Crippen LogP contribution >= 0.6 is 23.4 Å². The number of carbonyl (C=O) groups excluding carboxylic acids is 2. The van der Waals surface area contributed by atoms with Crippen molar-refractivity contribution in [3.63, 3.8) is 0 Å². The average molecular weight is 388 g/mol. The summed E-state index contributed by atoms with van der Waals surface area (Å²) in [5.41, 5.74) is 2.74. The maximum atomic E-state index is 12.5. The third-order valence-corrected chi connectivity index (χ3v) is 5.03. The number of hydrogen-bond donors (Lipinski definition) is 1. The van der Waals surface area contributed by atoms with Crippen molar-refractivity contribution in [2.75, 3.05) is 31.0 Å². The molecule has 1 fully saturated rings. The molecular weight excluding hydrogens is 370 g/mol. The predicted molar refractivity (Wildman–Crippen MR) is 109 cm³/mol. The molecule has 3 rings (SSSR count). The Morgan fingerprint density at radius 2 is 1.73 bits per heavy atom. The number of imide groups is 1. The lowest BCUT2D eigenvalue weighted by molar-refractivity contribution is -0.122. The second kappa shape index (κ2) is 7.85. The van der Waals surface area contributed by atoms with E-state index in [-0.39, 0.29) is 17.8 Å². The van der Waals surface area contributed by atoms with Crippen molar-refractivity contribution in [3.8, 4) is 0 Å². The summed E-state index contributed by atoms with van der Waals surface area (Å²) in [5, 5.41) is 3.40. The monoisotopic (exact) mass is 387 g/mol. The van der Waals surface area contributed by atoms with Gasteiger partial charge in [0.05, 0.1) is 11.6 Å². The van der Waals surface area contributed by atoms with Gasteiger partial charge in [-0.15, -0.1) is 0 Å². The lowest BCUT2D eigenvalue weighted by Gasteiger charge is -2.14. The molecule has 0 bridgehead atoms. The van der Waals surface area contributed by atoms with Crippen LogP contribution in [0.15, 0.2) is 53.4 Å². The average Bonchev–Trinajstić information content (AvgIpc) is 2.88. The number of amides is 2. The summed E-state index contributed by atoms with van der Waals surface area (Å²) in [6.45, 7) is 0.114. The number of carbonyl (C=O) groups is 2. The molecule has 26 heavy (non-hydrogen) atoms. The molecule has 0 unspecified atom stereocenters. The summed E-state index contributed by atoms with van der Waals surface area (Å²) >= 11 is 6.80. The van der Waals surface area contributed by atoms with Crippen molar-refractivity contribution in [1.82, 2.24) is 4.90 Å². The summed E-state index contributed by atoms with van der Waals surface area (Å²) < 4.78 is 0. The highest BCUT2D eigenvalue weighted by molar-refractivity contribution is 8.18. The van der Waals surface area contributed by atoms with Crippen LogP contribution in [0.4, 0.5) is 16.2 Å². The minimum Gasteiger partial charge on any atom is -0.378 e. The van der Waals surface area contributed by atoms with Gasteiger partial charge in [0.1, 0.15) is 0 Å². The number of nitrogens with one attached hydrogen (secondary N) is 1. The molecule has 2 aromatic rings. The number of nitrogens with zero attached hydrogens (tertiary/aromatic N) is 2. The van der Waals surface area contributed by atoms with Gasteiger partial charge in [-0.05, 0) is 59.8 Å². The smallest absolute Gasteiger partial charge is 0.295 e. The molecule has 0 atom stereocenters. The van der Waals surface area contributed by atoms with Crippen molar-refractivity contribution in [1.29, 1.82) is 0 Å². The normalized spacial score (nSPS) is 15.7. The van der Waals surface area contributed by atoms with Crippen LogP contribution in [0.3, 0.4) is 0 Å². The van der Waals surface area contributed by atoms with Crippen molar-refractivity contribution < 1.29 is 9.59 Å². The molecule has 134 valence electrons. The summed E-state index contributed by atoms with van der Waals surface area (Å²) in [6.07, 6.45) is 1.74. The first-order chi connectivity index (χ1) is 12.4. The van der Waals surface area contributed by atoms with Crippen LogP contribution in [0.5, 0.6) is 0 Å². The fourth-order valence-corrected chi connectivity index (χ4v) is 3.36. The summed E-state index contributed by atoms with van der Waals surface area (Å²) in [5.74, 6) is -0.293. The van der Waals surface area contributed by atoms with Crippen LogP contribution in [-0.2, 0) is 4.79 Å². The quantitative estimate of drug-likeness (QED) is 0.765. The third kappa shape index (κ3) is 4.20. The number of anilines is 2. The van der Waals surface area contributed by atoms with E-state index < -0.39 is 0 Å². The molecule has 1 saturated heterocycles. The lowest BCUT2D eigenvalue weighted by Crippen LogP contribution is -2.33. The number of halogens is 1. The zero-order valence-electron chi connectivity index (χ0n) is 14.4. The molecule has 0 radical (unpaired) electrons. The van der Waals surface area contributed by atoms with E-state index in [0.717, 1.165) is 28.7 Å². The Balaban J connectivity index is 1.68. The molecule has 0 saturated carbocycles. The minimum atomic E-state index is -0.293. The van der Waals surface area contributed by atoms with Gasteiger partial charge in [0.2, 0.25) is 0 Å². The molecule has 1 heterocycles. The van der Waals surface area contributed by atoms with Crippen LogP contribution in [0.1, 0.15) is 5.56 Å². The highest BCUT2D eigenvalue weighted by Crippen LogP contribution is 2.32. The Kier molecular flexibility index (Phi) is 5.54. The van der Waals surface area contributed by atoms with Gasteiger partial charge in [-0.25, -0.2) is 0 Å².